The SMILES string of the molecule is CCO[C@H]1CCN(Cc2ccccc2)C1. The molecule has 1 aromatic rings. The summed E-state index contributed by atoms with van der Waals surface area (Å²) in [7, 11) is 0. The largest absolute Gasteiger partial charge is 0.377 e. The summed E-state index contributed by atoms with van der Waals surface area (Å²) < 4.78 is 5.63. The first-order valence-corrected chi connectivity index (χ1v) is 5.76. The maximum absolute atomic E-state index is 5.63. The van der Waals surface area contributed by atoms with Gasteiger partial charge < -0.3 is 4.74 Å². The molecule has 0 radical (unpaired) electrons. The smallest absolute Gasteiger partial charge is 0.0714 e. The summed E-state index contributed by atoms with van der Waals surface area (Å²) in [6.07, 6.45) is 1.64. The lowest BCUT2D eigenvalue weighted by molar-refractivity contribution is 0.0683. The molecule has 0 aromatic heterocycles. The molecule has 82 valence electrons. The fourth-order valence-corrected chi connectivity index (χ4v) is 2.15. The molecule has 2 heteroatoms. The van der Waals surface area contributed by atoms with Crippen molar-refractivity contribution in [1.82, 2.24) is 4.90 Å². The van der Waals surface area contributed by atoms with Crippen molar-refractivity contribution in [3.8, 4) is 0 Å². The van der Waals surface area contributed by atoms with Crippen molar-refractivity contribution in [3.63, 3.8) is 0 Å². The lowest BCUT2D eigenvalue weighted by atomic mass is 10.2. The number of benzene rings is 1. The monoisotopic (exact) mass is 205 g/mol. The van der Waals surface area contributed by atoms with Crippen molar-refractivity contribution >= 4 is 0 Å². The highest BCUT2D eigenvalue weighted by Crippen LogP contribution is 2.15. The number of nitrogens with zero attached hydrogens (tertiary/aromatic N) is 1. The van der Waals surface area contributed by atoms with Crippen molar-refractivity contribution in [2.45, 2.75) is 26.0 Å². The predicted octanol–water partition coefficient (Wildman–Crippen LogP) is 2.30. The van der Waals surface area contributed by atoms with Crippen LogP contribution in [0.25, 0.3) is 0 Å². The molecule has 1 saturated heterocycles. The normalized spacial score (nSPS) is 22.1. The topological polar surface area (TPSA) is 12.5 Å². The molecular formula is C13H19NO. The lowest BCUT2D eigenvalue weighted by Gasteiger charge is -2.15. The minimum Gasteiger partial charge on any atom is -0.377 e. The molecule has 15 heavy (non-hydrogen) atoms. The number of hydrogen-bond donors (Lipinski definition) is 0. The molecule has 0 amide bonds. The van der Waals surface area contributed by atoms with Gasteiger partial charge in [0.2, 0.25) is 0 Å². The molecule has 1 fully saturated rings. The van der Waals surface area contributed by atoms with E-state index in [1.54, 1.807) is 0 Å². The van der Waals surface area contributed by atoms with E-state index >= 15 is 0 Å². The van der Waals surface area contributed by atoms with Crippen molar-refractivity contribution in [2.24, 2.45) is 0 Å². The number of hydrogen-bond acceptors (Lipinski definition) is 2. The van der Waals surface area contributed by atoms with Gasteiger partial charge in [0.15, 0.2) is 0 Å². The fourth-order valence-electron chi connectivity index (χ4n) is 2.15. The van der Waals surface area contributed by atoms with Crippen LogP contribution < -0.4 is 0 Å². The van der Waals surface area contributed by atoms with Crippen molar-refractivity contribution < 1.29 is 4.74 Å². The van der Waals surface area contributed by atoms with Crippen LogP contribution in [0.15, 0.2) is 30.3 Å². The van der Waals surface area contributed by atoms with Crippen LogP contribution in [0.2, 0.25) is 0 Å². The average molecular weight is 205 g/mol. The predicted molar refractivity (Wildman–Crippen MR) is 61.8 cm³/mol. The molecule has 2 rings (SSSR count). The zero-order chi connectivity index (χ0) is 10.5. The molecule has 1 atom stereocenters. The van der Waals surface area contributed by atoms with Gasteiger partial charge in [-0.1, -0.05) is 30.3 Å². The average Bonchev–Trinajstić information content (AvgIpc) is 2.68. The maximum Gasteiger partial charge on any atom is 0.0714 e. The summed E-state index contributed by atoms with van der Waals surface area (Å²) in [5, 5.41) is 0. The molecule has 1 aliphatic heterocycles. The summed E-state index contributed by atoms with van der Waals surface area (Å²) >= 11 is 0. The second kappa shape index (κ2) is 5.29. The minimum absolute atomic E-state index is 0.457. The summed E-state index contributed by atoms with van der Waals surface area (Å²) in [6.45, 7) is 6.22. The van der Waals surface area contributed by atoms with Gasteiger partial charge in [-0.2, -0.15) is 0 Å². The molecule has 1 heterocycles. The zero-order valence-electron chi connectivity index (χ0n) is 9.36. The third kappa shape index (κ3) is 3.05. The van der Waals surface area contributed by atoms with Crippen LogP contribution in [0.5, 0.6) is 0 Å². The van der Waals surface area contributed by atoms with E-state index in [1.165, 1.54) is 18.5 Å². The second-order valence-corrected chi connectivity index (χ2v) is 4.09. The number of rotatable bonds is 4. The Kier molecular flexibility index (Phi) is 3.75. The van der Waals surface area contributed by atoms with Crippen molar-refractivity contribution in [1.29, 1.82) is 0 Å². The summed E-state index contributed by atoms with van der Waals surface area (Å²) in [6, 6.07) is 10.6. The van der Waals surface area contributed by atoms with Crippen molar-refractivity contribution in [3.05, 3.63) is 35.9 Å². The summed E-state index contributed by atoms with van der Waals surface area (Å²) in [5.41, 5.74) is 1.40. The Labute approximate surface area is 91.9 Å². The first-order chi connectivity index (χ1) is 7.38. The van der Waals surface area contributed by atoms with E-state index in [9.17, 15) is 0 Å². The van der Waals surface area contributed by atoms with Gasteiger partial charge in [0.05, 0.1) is 6.10 Å². The Morgan fingerprint density at radius 2 is 2.13 bits per heavy atom. The van der Waals surface area contributed by atoms with Gasteiger partial charge in [-0.3, -0.25) is 4.90 Å². The highest BCUT2D eigenvalue weighted by molar-refractivity contribution is 5.14. The Morgan fingerprint density at radius 3 is 2.87 bits per heavy atom. The molecule has 0 bridgehead atoms. The molecule has 0 unspecified atom stereocenters. The molecule has 0 aliphatic carbocycles. The molecule has 0 saturated carbocycles. The van der Waals surface area contributed by atoms with E-state index in [4.69, 9.17) is 4.74 Å². The molecule has 2 nitrogen and oxygen atoms in total. The van der Waals surface area contributed by atoms with Crippen LogP contribution in [0, 0.1) is 0 Å². The van der Waals surface area contributed by atoms with Gasteiger partial charge in [-0.15, -0.1) is 0 Å². The quantitative estimate of drug-likeness (QED) is 0.748. The third-order valence-corrected chi connectivity index (χ3v) is 2.88. The van der Waals surface area contributed by atoms with Crippen molar-refractivity contribution in [2.75, 3.05) is 19.7 Å². The van der Waals surface area contributed by atoms with E-state index in [0.717, 1.165) is 19.7 Å². The van der Waals surface area contributed by atoms with E-state index in [2.05, 4.69) is 42.2 Å². The van der Waals surface area contributed by atoms with Crippen LogP contribution in [-0.2, 0) is 11.3 Å². The maximum atomic E-state index is 5.63. The molecule has 0 spiro atoms. The third-order valence-electron chi connectivity index (χ3n) is 2.88. The standard InChI is InChI=1S/C13H19NO/c1-2-15-13-8-9-14(11-13)10-12-6-4-3-5-7-12/h3-7,13H,2,8-11H2,1H3/t13-/m0/s1. The highest BCUT2D eigenvalue weighted by atomic mass is 16.5. The Balaban J connectivity index is 1.82. The number of ether oxygens (including phenoxy) is 1. The van der Waals surface area contributed by atoms with E-state index in [0.29, 0.717) is 6.10 Å². The molecule has 1 aliphatic rings. The van der Waals surface area contributed by atoms with Gasteiger partial charge >= 0.3 is 0 Å². The molecular weight excluding hydrogens is 186 g/mol. The van der Waals surface area contributed by atoms with E-state index < -0.39 is 0 Å². The summed E-state index contributed by atoms with van der Waals surface area (Å²) in [4.78, 5) is 2.47. The summed E-state index contributed by atoms with van der Waals surface area (Å²) in [5.74, 6) is 0. The zero-order valence-corrected chi connectivity index (χ0v) is 9.36. The van der Waals surface area contributed by atoms with Gasteiger partial charge in [-0.25, -0.2) is 0 Å². The minimum atomic E-state index is 0.457. The highest BCUT2D eigenvalue weighted by Gasteiger charge is 2.22. The Morgan fingerprint density at radius 1 is 1.33 bits per heavy atom. The van der Waals surface area contributed by atoms with E-state index in [-0.39, 0.29) is 0 Å². The second-order valence-electron chi connectivity index (χ2n) is 4.09. The first-order valence-electron chi connectivity index (χ1n) is 5.76. The van der Waals surface area contributed by atoms with Crippen LogP contribution in [-0.4, -0.2) is 30.7 Å². The van der Waals surface area contributed by atoms with Gasteiger partial charge in [-0.05, 0) is 18.9 Å². The van der Waals surface area contributed by atoms with Gasteiger partial charge in [0.25, 0.3) is 0 Å². The van der Waals surface area contributed by atoms with Gasteiger partial charge in [0.1, 0.15) is 0 Å². The van der Waals surface area contributed by atoms with Crippen LogP contribution in [0.1, 0.15) is 18.9 Å². The van der Waals surface area contributed by atoms with E-state index in [1.807, 2.05) is 0 Å². The molecule has 0 N–H and O–H groups in total. The first kappa shape index (κ1) is 10.7. The lowest BCUT2D eigenvalue weighted by Crippen LogP contribution is -2.22. The fraction of sp³-hybridized carbons (Fsp3) is 0.538. The number of likely N-dealkylation sites (tertiary alicyclic amines) is 1. The van der Waals surface area contributed by atoms with Gasteiger partial charge in [0, 0.05) is 26.2 Å². The van der Waals surface area contributed by atoms with Crippen LogP contribution in [0.4, 0.5) is 0 Å². The van der Waals surface area contributed by atoms with Crippen LogP contribution in [0.3, 0.4) is 0 Å². The Bertz CT molecular complexity index is 286. The van der Waals surface area contributed by atoms with Crippen LogP contribution >= 0.6 is 0 Å². The Hall–Kier alpha value is -0.860. The molecule has 1 aromatic carbocycles.